The number of carbonyl (C=O) groups excluding carboxylic acids is 5. The number of likely N-dealkylation sites (N-methyl/N-ethyl adjacent to an activating group) is 1. The van der Waals surface area contributed by atoms with Crippen LogP contribution in [0.15, 0.2) is 82.8 Å². The lowest BCUT2D eigenvalue weighted by Crippen LogP contribution is -2.58. The van der Waals surface area contributed by atoms with Crippen molar-refractivity contribution in [1.82, 2.24) is 60.2 Å². The van der Waals surface area contributed by atoms with Crippen LogP contribution < -0.4 is 37.7 Å². The molecule has 2 aromatic carbocycles. The van der Waals surface area contributed by atoms with Crippen molar-refractivity contribution in [3.05, 3.63) is 128 Å². The SMILES string of the molecule is CN[C@@H](C)C(=O)NC(C(=O)N1C[C@@H](NC(=O)CCOCCC(=O)N2CCn3nc(Nc4cc(-c5ccnc(-n6ncc7cc(C(C)(C)C)cc(F)c7c6=O)c5CO)cn(C)c4=O)cc3C2)C[C@H]1C(=O)N[C@@H]1CCCc2ccccc21)C1CCCCC1. The fraction of sp³-hybridized carbons (Fsp3) is 0.492. The van der Waals surface area contributed by atoms with Gasteiger partial charge in [0.25, 0.3) is 11.1 Å². The second kappa shape index (κ2) is 26.2. The number of aliphatic hydroxyl groups is 1. The van der Waals surface area contributed by atoms with Crippen LogP contribution in [0.1, 0.15) is 126 Å². The number of nitrogens with zero attached hydrogens (tertiary/aromatic N) is 8. The second-order valence-electron chi connectivity index (χ2n) is 24.3. The van der Waals surface area contributed by atoms with Gasteiger partial charge in [0, 0.05) is 67.6 Å². The van der Waals surface area contributed by atoms with Gasteiger partial charge in [0.2, 0.25) is 29.5 Å². The first-order chi connectivity index (χ1) is 41.3. The van der Waals surface area contributed by atoms with Crippen LogP contribution in [-0.2, 0) is 67.3 Å². The van der Waals surface area contributed by atoms with Crippen LogP contribution in [-0.4, -0.2) is 131 Å². The Morgan fingerprint density at radius 2 is 1.70 bits per heavy atom. The van der Waals surface area contributed by atoms with E-state index in [2.05, 4.69) is 47.8 Å². The molecule has 1 unspecified atom stereocenters. The highest BCUT2D eigenvalue weighted by Crippen LogP contribution is 2.34. The van der Waals surface area contributed by atoms with Gasteiger partial charge in [0.1, 0.15) is 23.6 Å². The first-order valence-electron chi connectivity index (χ1n) is 30.0. The predicted molar refractivity (Wildman–Crippen MR) is 321 cm³/mol. The highest BCUT2D eigenvalue weighted by Gasteiger charge is 2.45. The van der Waals surface area contributed by atoms with Crippen LogP contribution in [0.5, 0.6) is 0 Å². The number of fused-ring (bicyclic) bond motifs is 3. The first kappa shape index (κ1) is 61.0. The highest BCUT2D eigenvalue weighted by molar-refractivity contribution is 5.94. The van der Waals surface area contributed by atoms with Gasteiger partial charge in [-0.15, -0.1) is 0 Å². The molecule has 0 spiro atoms. The van der Waals surface area contributed by atoms with Crippen molar-refractivity contribution in [2.75, 3.05) is 38.7 Å². The summed E-state index contributed by atoms with van der Waals surface area (Å²) in [6.45, 7) is 8.20. The third-order valence-corrected chi connectivity index (χ3v) is 17.4. The summed E-state index contributed by atoms with van der Waals surface area (Å²) in [7, 11) is 3.27. The lowest BCUT2D eigenvalue weighted by Gasteiger charge is -2.35. The molecule has 5 atom stereocenters. The molecule has 0 radical (unpaired) electrons. The third-order valence-electron chi connectivity index (χ3n) is 17.4. The molecule has 6 aromatic rings. The molecule has 2 aliphatic carbocycles. The number of anilines is 2. The normalized spacial score (nSPS) is 18.7. The molecule has 1 saturated carbocycles. The molecule has 4 aliphatic rings. The topological polar surface area (TPSA) is 269 Å². The van der Waals surface area contributed by atoms with E-state index in [0.717, 1.165) is 67.3 Å². The molecule has 86 heavy (non-hydrogen) atoms. The minimum absolute atomic E-state index is 0.0000606. The van der Waals surface area contributed by atoms with E-state index >= 15 is 4.39 Å². The van der Waals surface area contributed by atoms with E-state index < -0.39 is 42.2 Å². The monoisotopic (exact) mass is 1180 g/mol. The zero-order chi connectivity index (χ0) is 61.0. The van der Waals surface area contributed by atoms with E-state index in [1.54, 1.807) is 66.0 Å². The molecule has 22 nitrogen and oxygen atoms in total. The van der Waals surface area contributed by atoms with Crippen LogP contribution in [0.3, 0.4) is 0 Å². The number of aliphatic hydroxyl groups excluding tert-OH is 1. The number of likely N-dealkylation sites (tertiary alicyclic amines) is 1. The van der Waals surface area contributed by atoms with Crippen molar-refractivity contribution in [2.45, 2.75) is 154 Å². The average Bonchev–Trinajstić information content (AvgIpc) is 1.10. The summed E-state index contributed by atoms with van der Waals surface area (Å²) in [4.78, 5) is 105. The number of halogens is 1. The molecule has 4 aromatic heterocycles. The summed E-state index contributed by atoms with van der Waals surface area (Å²) in [6, 6.07) is 13.2. The molecule has 6 N–H and O–H groups in total. The number of hydrogen-bond donors (Lipinski definition) is 6. The Kier molecular flexibility index (Phi) is 18.6. The summed E-state index contributed by atoms with van der Waals surface area (Å²) in [5.41, 5.74) is 3.51. The quantitative estimate of drug-likeness (QED) is 0.0576. The fourth-order valence-corrected chi connectivity index (χ4v) is 12.5. The van der Waals surface area contributed by atoms with Gasteiger partial charge in [-0.2, -0.15) is 14.9 Å². The van der Waals surface area contributed by atoms with Gasteiger partial charge in [0.15, 0.2) is 11.6 Å². The van der Waals surface area contributed by atoms with Gasteiger partial charge in [0.05, 0.1) is 68.7 Å². The maximum Gasteiger partial charge on any atom is 0.283 e. The Bertz CT molecular complexity index is 3660. The number of benzene rings is 2. The Morgan fingerprint density at radius 1 is 0.919 bits per heavy atom. The van der Waals surface area contributed by atoms with Crippen molar-refractivity contribution in [3.8, 4) is 16.9 Å². The van der Waals surface area contributed by atoms with E-state index in [1.165, 1.54) is 28.6 Å². The molecule has 6 heterocycles. The number of amides is 5. The molecule has 456 valence electrons. The van der Waals surface area contributed by atoms with E-state index in [1.807, 2.05) is 39.0 Å². The maximum absolute atomic E-state index is 15.6. The molecular formula is C63H78FN13O9. The molecular weight excluding hydrogens is 1100 g/mol. The Hall–Kier alpha value is -8.15. The van der Waals surface area contributed by atoms with Crippen LogP contribution >= 0.6 is 0 Å². The second-order valence-corrected chi connectivity index (χ2v) is 24.3. The molecule has 0 bridgehead atoms. The summed E-state index contributed by atoms with van der Waals surface area (Å²) in [5, 5.41) is 35.4. The number of aryl methyl sites for hydroxylation is 2. The predicted octanol–water partition coefficient (Wildman–Crippen LogP) is 5.11. The van der Waals surface area contributed by atoms with E-state index in [4.69, 9.17) is 4.74 Å². The Labute approximate surface area is 498 Å². The van der Waals surface area contributed by atoms with Gasteiger partial charge in [-0.25, -0.2) is 9.37 Å². The van der Waals surface area contributed by atoms with Crippen LogP contribution in [0.4, 0.5) is 15.9 Å². The number of hydrogen-bond acceptors (Lipinski definition) is 14. The lowest BCUT2D eigenvalue weighted by atomic mass is 9.83. The van der Waals surface area contributed by atoms with E-state index in [-0.39, 0.29) is 120 Å². The highest BCUT2D eigenvalue weighted by atomic mass is 19.1. The minimum atomic E-state index is -0.873. The molecule has 23 heteroatoms. The Morgan fingerprint density at radius 3 is 2.47 bits per heavy atom. The molecule has 10 rings (SSSR count). The van der Waals surface area contributed by atoms with E-state index in [0.29, 0.717) is 41.0 Å². The fourth-order valence-electron chi connectivity index (χ4n) is 12.5. The number of carbonyl (C=O) groups is 5. The molecule has 2 fully saturated rings. The molecule has 2 aliphatic heterocycles. The third kappa shape index (κ3) is 13.3. The Balaban J connectivity index is 0.740. The van der Waals surface area contributed by atoms with Crippen molar-refractivity contribution in [2.24, 2.45) is 13.0 Å². The number of rotatable bonds is 19. The van der Waals surface area contributed by atoms with Crippen molar-refractivity contribution < 1.29 is 38.2 Å². The minimum Gasteiger partial charge on any atom is -0.392 e. The van der Waals surface area contributed by atoms with Crippen LogP contribution in [0.2, 0.25) is 0 Å². The zero-order valence-corrected chi connectivity index (χ0v) is 49.8. The number of aromatic nitrogens is 6. The van der Waals surface area contributed by atoms with Crippen LogP contribution in [0.25, 0.3) is 27.7 Å². The van der Waals surface area contributed by atoms with Gasteiger partial charge in [-0.1, -0.05) is 64.3 Å². The molecule has 5 amide bonds. The zero-order valence-electron chi connectivity index (χ0n) is 49.8. The first-order valence-corrected chi connectivity index (χ1v) is 30.0. The lowest BCUT2D eigenvalue weighted by molar-refractivity contribution is -0.143. The summed E-state index contributed by atoms with van der Waals surface area (Å²) < 4.78 is 25.5. The maximum atomic E-state index is 15.6. The van der Waals surface area contributed by atoms with Crippen molar-refractivity contribution >= 4 is 51.8 Å². The van der Waals surface area contributed by atoms with Gasteiger partial charge in [-0.3, -0.25) is 38.2 Å². The summed E-state index contributed by atoms with van der Waals surface area (Å²) >= 11 is 0. The average molecular weight is 1180 g/mol. The van der Waals surface area contributed by atoms with Crippen molar-refractivity contribution in [1.29, 1.82) is 0 Å². The van der Waals surface area contributed by atoms with Gasteiger partial charge in [-0.05, 0) is 110 Å². The van der Waals surface area contributed by atoms with Gasteiger partial charge < -0.3 is 50.8 Å². The largest absolute Gasteiger partial charge is 0.392 e. The number of nitrogens with one attached hydrogen (secondary N) is 5. The van der Waals surface area contributed by atoms with Gasteiger partial charge >= 0.3 is 0 Å². The molecule has 1 saturated heterocycles. The van der Waals surface area contributed by atoms with E-state index in [9.17, 15) is 38.7 Å². The van der Waals surface area contributed by atoms with Crippen molar-refractivity contribution in [3.63, 3.8) is 0 Å². The number of ether oxygens (including phenoxy) is 1. The standard InChI is InChI=1S/C63H78FN13O9/c1-37(65-5)58(81)71-56(39-14-8-7-9-15-39)62(85)75-34-43(30-51(75)59(82)70-49-18-12-16-38-13-10-11-17-46(38)49)68-53(79)20-25-86-26-21-54(80)74-23-24-76-44(35-74)31-52(72-76)69-50-28-41(33-73(6)60(50)83)45-19-22-66-57(47(45)36-78)77-61(84)55-40(32-67-77)27-42(29-48(55)64)63(2,3)4/h10-11,13,17,19,22,27-29,31-33,37,39,43,49,51,56,65,78H,7-9,12,14-16,18,20-21,23-26,30,34-36H2,1-6H3,(H,68,79)(H,69,72)(H,70,82)(H,71,81)/t37-,43-,49+,51-,56?/m0/s1. The summed E-state index contributed by atoms with van der Waals surface area (Å²) in [6.07, 6.45) is 11.8. The van der Waals surface area contributed by atoms with Crippen LogP contribution in [0, 0.1) is 11.7 Å². The number of pyridine rings is 2. The summed E-state index contributed by atoms with van der Waals surface area (Å²) in [5.74, 6) is -1.81. The smallest absolute Gasteiger partial charge is 0.283 e.